The van der Waals surface area contributed by atoms with E-state index in [1.165, 1.54) is 5.56 Å². The van der Waals surface area contributed by atoms with Crippen LogP contribution in [0.15, 0.2) is 30.3 Å². The second kappa shape index (κ2) is 7.18. The first-order valence-electron chi connectivity index (χ1n) is 8.59. The van der Waals surface area contributed by atoms with E-state index in [1.54, 1.807) is 4.68 Å². The number of nitrogens with zero attached hydrogens (tertiary/aromatic N) is 2. The molecule has 1 fully saturated rings. The van der Waals surface area contributed by atoms with Crippen LogP contribution in [0.1, 0.15) is 48.7 Å². The number of carbonyl (C=O) groups is 1. The summed E-state index contributed by atoms with van der Waals surface area (Å²) >= 11 is 0. The molecule has 1 unspecified atom stereocenters. The van der Waals surface area contributed by atoms with E-state index in [0.29, 0.717) is 18.2 Å². The largest absolute Gasteiger partial charge is 0.376 e. The van der Waals surface area contributed by atoms with Crippen LogP contribution in [-0.4, -0.2) is 34.9 Å². The molecule has 0 saturated carbocycles. The quantitative estimate of drug-likeness (QED) is 0.918. The van der Waals surface area contributed by atoms with E-state index in [-0.39, 0.29) is 12.0 Å². The minimum atomic E-state index is -0.147. The van der Waals surface area contributed by atoms with E-state index in [0.717, 1.165) is 30.7 Å². The van der Waals surface area contributed by atoms with E-state index in [9.17, 15) is 4.79 Å². The van der Waals surface area contributed by atoms with Gasteiger partial charge in [0.1, 0.15) is 0 Å². The number of aromatic nitrogens is 2. The Bertz CT molecular complexity index is 698. The molecular formula is C19H25N3O2. The summed E-state index contributed by atoms with van der Waals surface area (Å²) in [5.74, 6) is 0.357. The molecule has 0 spiro atoms. The van der Waals surface area contributed by atoms with Crippen LogP contribution in [0, 0.1) is 0 Å². The van der Waals surface area contributed by atoms with E-state index >= 15 is 0 Å². The van der Waals surface area contributed by atoms with Crippen molar-refractivity contribution in [1.82, 2.24) is 15.1 Å². The Morgan fingerprint density at radius 3 is 2.75 bits per heavy atom. The second-order valence-corrected chi connectivity index (χ2v) is 6.66. The zero-order valence-electron chi connectivity index (χ0n) is 14.6. The SMILES string of the molecule is CC(C)c1ccc(-c2cc(C(=O)NCC3CCCO3)nn2C)cc1. The van der Waals surface area contributed by atoms with Gasteiger partial charge >= 0.3 is 0 Å². The summed E-state index contributed by atoms with van der Waals surface area (Å²) in [7, 11) is 1.86. The smallest absolute Gasteiger partial charge is 0.271 e. The normalized spacial score (nSPS) is 17.4. The Labute approximate surface area is 143 Å². The van der Waals surface area contributed by atoms with Gasteiger partial charge < -0.3 is 10.1 Å². The van der Waals surface area contributed by atoms with Crippen LogP contribution in [-0.2, 0) is 11.8 Å². The van der Waals surface area contributed by atoms with Gasteiger partial charge in [-0.25, -0.2) is 0 Å². The molecule has 2 heterocycles. The molecule has 0 bridgehead atoms. The van der Waals surface area contributed by atoms with Gasteiger partial charge in [-0.3, -0.25) is 9.48 Å². The first-order chi connectivity index (χ1) is 11.5. The highest BCUT2D eigenvalue weighted by Crippen LogP contribution is 2.23. The average Bonchev–Trinajstić information content (AvgIpc) is 3.22. The summed E-state index contributed by atoms with van der Waals surface area (Å²) in [4.78, 5) is 12.3. The van der Waals surface area contributed by atoms with E-state index < -0.39 is 0 Å². The van der Waals surface area contributed by atoms with Crippen LogP contribution >= 0.6 is 0 Å². The third-order valence-corrected chi connectivity index (χ3v) is 4.50. The third-order valence-electron chi connectivity index (χ3n) is 4.50. The number of amides is 1. The molecule has 5 heteroatoms. The fraction of sp³-hybridized carbons (Fsp3) is 0.474. The van der Waals surface area contributed by atoms with Gasteiger partial charge in [-0.1, -0.05) is 38.1 Å². The van der Waals surface area contributed by atoms with Gasteiger partial charge in [0, 0.05) is 20.2 Å². The van der Waals surface area contributed by atoms with Crippen molar-refractivity contribution >= 4 is 5.91 Å². The van der Waals surface area contributed by atoms with Gasteiger partial charge in [-0.15, -0.1) is 0 Å². The molecule has 0 aliphatic carbocycles. The van der Waals surface area contributed by atoms with Crippen LogP contribution in [0.4, 0.5) is 0 Å². The fourth-order valence-corrected chi connectivity index (χ4v) is 2.99. The molecule has 24 heavy (non-hydrogen) atoms. The fourth-order valence-electron chi connectivity index (χ4n) is 2.99. The molecule has 1 saturated heterocycles. The molecule has 5 nitrogen and oxygen atoms in total. The van der Waals surface area contributed by atoms with Crippen molar-refractivity contribution in [2.24, 2.45) is 7.05 Å². The maximum Gasteiger partial charge on any atom is 0.271 e. The first kappa shape index (κ1) is 16.7. The number of hydrogen-bond donors (Lipinski definition) is 1. The predicted molar refractivity (Wildman–Crippen MR) is 94.0 cm³/mol. The zero-order valence-corrected chi connectivity index (χ0v) is 14.6. The van der Waals surface area contributed by atoms with Gasteiger partial charge in [-0.2, -0.15) is 5.10 Å². The summed E-state index contributed by atoms with van der Waals surface area (Å²) in [5, 5.41) is 7.27. The molecule has 3 rings (SSSR count). The summed E-state index contributed by atoms with van der Waals surface area (Å²) < 4.78 is 7.28. The Hall–Kier alpha value is -2.14. The summed E-state index contributed by atoms with van der Waals surface area (Å²) in [6.45, 7) is 5.69. The zero-order chi connectivity index (χ0) is 17.1. The standard InChI is InChI=1S/C19H25N3O2/c1-13(2)14-6-8-15(9-7-14)18-11-17(21-22(18)3)19(23)20-12-16-5-4-10-24-16/h6-9,11,13,16H,4-5,10,12H2,1-3H3,(H,20,23). The molecule has 1 amide bonds. The number of carbonyl (C=O) groups excluding carboxylic acids is 1. The molecule has 1 aromatic heterocycles. The molecule has 2 aromatic rings. The minimum Gasteiger partial charge on any atom is -0.376 e. The maximum absolute atomic E-state index is 12.3. The number of nitrogens with one attached hydrogen (secondary N) is 1. The number of benzene rings is 1. The van der Waals surface area contributed by atoms with Gasteiger partial charge in [-0.05, 0) is 36.0 Å². The molecule has 1 aliphatic rings. The molecule has 1 atom stereocenters. The van der Waals surface area contributed by atoms with Gasteiger partial charge in [0.15, 0.2) is 5.69 Å². The van der Waals surface area contributed by atoms with Gasteiger partial charge in [0.25, 0.3) is 5.91 Å². The van der Waals surface area contributed by atoms with Crippen molar-refractivity contribution in [3.8, 4) is 11.3 Å². The van der Waals surface area contributed by atoms with Crippen LogP contribution in [0.3, 0.4) is 0 Å². The van der Waals surface area contributed by atoms with Crippen molar-refractivity contribution in [1.29, 1.82) is 0 Å². The van der Waals surface area contributed by atoms with Crippen molar-refractivity contribution in [2.45, 2.75) is 38.7 Å². The Morgan fingerprint density at radius 2 is 2.12 bits per heavy atom. The lowest BCUT2D eigenvalue weighted by Gasteiger charge is -2.09. The van der Waals surface area contributed by atoms with E-state index in [4.69, 9.17) is 4.74 Å². The molecular weight excluding hydrogens is 302 g/mol. The highest BCUT2D eigenvalue weighted by molar-refractivity contribution is 5.93. The van der Waals surface area contributed by atoms with E-state index in [1.807, 2.05) is 13.1 Å². The average molecular weight is 327 g/mol. The highest BCUT2D eigenvalue weighted by atomic mass is 16.5. The molecule has 1 aromatic carbocycles. The van der Waals surface area contributed by atoms with Gasteiger partial charge in [0.05, 0.1) is 11.8 Å². The monoisotopic (exact) mass is 327 g/mol. The van der Waals surface area contributed by atoms with Crippen LogP contribution in [0.25, 0.3) is 11.3 Å². The maximum atomic E-state index is 12.3. The number of ether oxygens (including phenoxy) is 1. The number of hydrogen-bond acceptors (Lipinski definition) is 3. The van der Waals surface area contributed by atoms with Crippen molar-refractivity contribution in [3.05, 3.63) is 41.6 Å². The Morgan fingerprint density at radius 1 is 1.38 bits per heavy atom. The minimum absolute atomic E-state index is 0.140. The Kier molecular flexibility index (Phi) is 5.00. The summed E-state index contributed by atoms with van der Waals surface area (Å²) in [6.07, 6.45) is 2.22. The molecule has 0 radical (unpaired) electrons. The van der Waals surface area contributed by atoms with Crippen molar-refractivity contribution < 1.29 is 9.53 Å². The van der Waals surface area contributed by atoms with E-state index in [2.05, 4.69) is 48.5 Å². The van der Waals surface area contributed by atoms with Crippen LogP contribution in [0.2, 0.25) is 0 Å². The lowest BCUT2D eigenvalue weighted by atomic mass is 10.0. The first-order valence-corrected chi connectivity index (χ1v) is 8.59. The molecule has 1 N–H and O–H groups in total. The molecule has 1 aliphatic heterocycles. The molecule has 128 valence electrons. The summed E-state index contributed by atoms with van der Waals surface area (Å²) in [5.41, 5.74) is 3.74. The summed E-state index contributed by atoms with van der Waals surface area (Å²) in [6, 6.07) is 10.3. The highest BCUT2D eigenvalue weighted by Gasteiger charge is 2.18. The van der Waals surface area contributed by atoms with Crippen LogP contribution < -0.4 is 5.32 Å². The van der Waals surface area contributed by atoms with Gasteiger partial charge in [0.2, 0.25) is 0 Å². The lowest BCUT2D eigenvalue weighted by molar-refractivity contribution is 0.0853. The predicted octanol–water partition coefficient (Wildman–Crippen LogP) is 3.12. The van der Waals surface area contributed by atoms with Crippen LogP contribution in [0.5, 0.6) is 0 Å². The Balaban J connectivity index is 1.70. The second-order valence-electron chi connectivity index (χ2n) is 6.66. The van der Waals surface area contributed by atoms with Crippen molar-refractivity contribution in [3.63, 3.8) is 0 Å². The number of aryl methyl sites for hydroxylation is 1. The van der Waals surface area contributed by atoms with Crippen molar-refractivity contribution in [2.75, 3.05) is 13.2 Å². The third kappa shape index (κ3) is 3.67. The number of rotatable bonds is 5. The lowest BCUT2D eigenvalue weighted by Crippen LogP contribution is -2.32. The topological polar surface area (TPSA) is 56.1 Å².